The van der Waals surface area contributed by atoms with Gasteiger partial charge >= 0.3 is 0 Å². The zero-order valence-corrected chi connectivity index (χ0v) is 10.4. The molecule has 0 fully saturated rings. The Morgan fingerprint density at radius 3 is 3.12 bits per heavy atom. The molecule has 3 nitrogen and oxygen atoms in total. The summed E-state index contributed by atoms with van der Waals surface area (Å²) >= 11 is 5.90. The molecule has 16 heavy (non-hydrogen) atoms. The molecule has 0 radical (unpaired) electrons. The van der Waals surface area contributed by atoms with E-state index < -0.39 is 0 Å². The third kappa shape index (κ3) is 2.85. The number of halogens is 1. The van der Waals surface area contributed by atoms with E-state index in [4.69, 9.17) is 11.6 Å². The molecule has 1 heterocycles. The molecular weight excluding hydrogens is 222 g/mol. The van der Waals surface area contributed by atoms with Crippen LogP contribution in [-0.4, -0.2) is 21.9 Å². The van der Waals surface area contributed by atoms with E-state index in [0.29, 0.717) is 0 Å². The third-order valence-electron chi connectivity index (χ3n) is 2.95. The normalized spacial score (nSPS) is 15.9. The van der Waals surface area contributed by atoms with Gasteiger partial charge in [-0.3, -0.25) is 0 Å². The second kappa shape index (κ2) is 5.48. The van der Waals surface area contributed by atoms with E-state index in [2.05, 4.69) is 15.3 Å². The number of nitrogens with one attached hydrogen (secondary N) is 1. The van der Waals surface area contributed by atoms with Gasteiger partial charge in [0.15, 0.2) is 0 Å². The summed E-state index contributed by atoms with van der Waals surface area (Å²) < 4.78 is 0. The summed E-state index contributed by atoms with van der Waals surface area (Å²) in [5, 5.41) is 3.65. The first-order valence-corrected chi connectivity index (χ1v) is 6.41. The van der Waals surface area contributed by atoms with Gasteiger partial charge in [0.2, 0.25) is 0 Å². The van der Waals surface area contributed by atoms with Gasteiger partial charge in [0.25, 0.3) is 0 Å². The minimum atomic E-state index is 0.262. The maximum absolute atomic E-state index is 5.90. The van der Waals surface area contributed by atoms with Crippen LogP contribution in [0.1, 0.15) is 37.4 Å². The highest BCUT2D eigenvalue weighted by molar-refractivity contribution is 6.20. The average Bonchev–Trinajstić information content (AvgIpc) is 2.72. The highest BCUT2D eigenvalue weighted by Gasteiger charge is 2.16. The van der Waals surface area contributed by atoms with Gasteiger partial charge in [0.1, 0.15) is 12.1 Å². The number of aromatic nitrogens is 2. The molecule has 0 amide bonds. The largest absolute Gasteiger partial charge is 0.370 e. The fourth-order valence-corrected chi connectivity index (χ4v) is 2.26. The van der Waals surface area contributed by atoms with Crippen molar-refractivity contribution >= 4 is 17.4 Å². The molecule has 1 aromatic rings. The predicted octanol–water partition coefficient (Wildman–Crippen LogP) is 2.78. The average molecular weight is 240 g/mol. The van der Waals surface area contributed by atoms with E-state index in [9.17, 15) is 0 Å². The van der Waals surface area contributed by atoms with Crippen LogP contribution in [0, 0.1) is 0 Å². The molecule has 0 aromatic carbocycles. The lowest BCUT2D eigenvalue weighted by Gasteiger charge is -2.09. The van der Waals surface area contributed by atoms with Crippen LogP contribution in [0.5, 0.6) is 0 Å². The Morgan fingerprint density at radius 2 is 2.31 bits per heavy atom. The summed E-state index contributed by atoms with van der Waals surface area (Å²) in [6.07, 6.45) is 7.22. The maximum atomic E-state index is 5.90. The van der Waals surface area contributed by atoms with Crippen molar-refractivity contribution in [3.63, 3.8) is 0 Å². The molecule has 0 bridgehead atoms. The Balaban J connectivity index is 1.88. The summed E-state index contributed by atoms with van der Waals surface area (Å²) in [7, 11) is 0. The molecule has 0 saturated heterocycles. The number of anilines is 1. The van der Waals surface area contributed by atoms with E-state index in [0.717, 1.165) is 38.0 Å². The van der Waals surface area contributed by atoms with Crippen molar-refractivity contribution in [2.45, 2.75) is 44.4 Å². The molecule has 4 heteroatoms. The Morgan fingerprint density at radius 1 is 1.44 bits per heavy atom. The standard InChI is InChI=1S/C12H18ClN3/c1-9(13)4-3-7-14-12-10-5-2-6-11(10)15-8-16-12/h8-9H,2-7H2,1H3,(H,14,15,16). The second-order valence-electron chi connectivity index (χ2n) is 4.35. The van der Waals surface area contributed by atoms with Gasteiger partial charge in [-0.05, 0) is 39.0 Å². The zero-order valence-electron chi connectivity index (χ0n) is 9.67. The van der Waals surface area contributed by atoms with E-state index >= 15 is 0 Å². The number of alkyl halides is 1. The van der Waals surface area contributed by atoms with Crippen LogP contribution in [-0.2, 0) is 12.8 Å². The van der Waals surface area contributed by atoms with Crippen molar-refractivity contribution in [1.29, 1.82) is 0 Å². The van der Waals surface area contributed by atoms with Gasteiger partial charge in [-0.25, -0.2) is 9.97 Å². The molecule has 0 saturated carbocycles. The van der Waals surface area contributed by atoms with Gasteiger partial charge in [0.05, 0.1) is 0 Å². The first kappa shape index (κ1) is 11.6. The predicted molar refractivity (Wildman–Crippen MR) is 67.1 cm³/mol. The van der Waals surface area contributed by atoms with Crippen LogP contribution >= 0.6 is 11.6 Å². The summed E-state index contributed by atoms with van der Waals surface area (Å²) in [5.41, 5.74) is 2.55. The van der Waals surface area contributed by atoms with Gasteiger partial charge in [-0.1, -0.05) is 0 Å². The van der Waals surface area contributed by atoms with E-state index in [1.54, 1.807) is 6.33 Å². The molecule has 1 unspecified atom stereocenters. The highest BCUT2D eigenvalue weighted by Crippen LogP contribution is 2.24. The molecule has 1 aromatic heterocycles. The summed E-state index contributed by atoms with van der Waals surface area (Å²) in [5.74, 6) is 1.03. The lowest BCUT2D eigenvalue weighted by atomic mass is 10.2. The van der Waals surface area contributed by atoms with Gasteiger partial charge < -0.3 is 5.32 Å². The molecule has 0 aliphatic heterocycles. The Labute approximate surface area is 102 Å². The zero-order chi connectivity index (χ0) is 11.4. The molecular formula is C12H18ClN3. The van der Waals surface area contributed by atoms with Crippen molar-refractivity contribution < 1.29 is 0 Å². The first-order valence-electron chi connectivity index (χ1n) is 5.98. The van der Waals surface area contributed by atoms with Crippen LogP contribution < -0.4 is 5.32 Å². The van der Waals surface area contributed by atoms with Crippen LogP contribution in [0.25, 0.3) is 0 Å². The maximum Gasteiger partial charge on any atom is 0.132 e. The number of hydrogen-bond donors (Lipinski definition) is 1. The van der Waals surface area contributed by atoms with Gasteiger partial charge in [-0.2, -0.15) is 0 Å². The van der Waals surface area contributed by atoms with Crippen molar-refractivity contribution in [3.05, 3.63) is 17.6 Å². The number of nitrogens with zero attached hydrogens (tertiary/aromatic N) is 2. The molecule has 1 atom stereocenters. The van der Waals surface area contributed by atoms with Crippen LogP contribution in [0.3, 0.4) is 0 Å². The first-order chi connectivity index (χ1) is 7.77. The summed E-state index contributed by atoms with van der Waals surface area (Å²) in [6, 6.07) is 0. The quantitative estimate of drug-likeness (QED) is 0.634. The van der Waals surface area contributed by atoms with Gasteiger partial charge in [-0.15, -0.1) is 11.6 Å². The lowest BCUT2D eigenvalue weighted by Crippen LogP contribution is -2.08. The Kier molecular flexibility index (Phi) is 3.99. The smallest absolute Gasteiger partial charge is 0.132 e. The van der Waals surface area contributed by atoms with E-state index in [1.807, 2.05) is 6.92 Å². The summed E-state index contributed by atoms with van der Waals surface area (Å²) in [4.78, 5) is 8.62. The molecule has 1 N–H and O–H groups in total. The molecule has 1 aliphatic rings. The van der Waals surface area contributed by atoms with Crippen LogP contribution in [0.4, 0.5) is 5.82 Å². The minimum Gasteiger partial charge on any atom is -0.370 e. The molecule has 2 rings (SSSR count). The van der Waals surface area contributed by atoms with Crippen molar-refractivity contribution in [3.8, 4) is 0 Å². The summed E-state index contributed by atoms with van der Waals surface area (Å²) in [6.45, 7) is 2.98. The number of rotatable bonds is 5. The highest BCUT2D eigenvalue weighted by atomic mass is 35.5. The van der Waals surface area contributed by atoms with Crippen molar-refractivity contribution in [1.82, 2.24) is 9.97 Å². The lowest BCUT2D eigenvalue weighted by molar-refractivity contribution is 0.748. The SMILES string of the molecule is CC(Cl)CCCNc1ncnc2c1CCC2. The minimum absolute atomic E-state index is 0.262. The van der Waals surface area contributed by atoms with E-state index in [-0.39, 0.29) is 5.38 Å². The molecule has 88 valence electrons. The number of hydrogen-bond acceptors (Lipinski definition) is 3. The molecule has 0 spiro atoms. The van der Waals surface area contributed by atoms with Crippen molar-refractivity contribution in [2.75, 3.05) is 11.9 Å². The number of fused-ring (bicyclic) bond motifs is 1. The van der Waals surface area contributed by atoms with Crippen LogP contribution in [0.15, 0.2) is 6.33 Å². The topological polar surface area (TPSA) is 37.8 Å². The third-order valence-corrected chi connectivity index (χ3v) is 3.16. The Hall–Kier alpha value is -0.830. The Bertz CT molecular complexity index is 352. The molecule has 1 aliphatic carbocycles. The van der Waals surface area contributed by atoms with Crippen LogP contribution in [0.2, 0.25) is 0 Å². The number of aryl methyl sites for hydroxylation is 1. The van der Waals surface area contributed by atoms with E-state index in [1.165, 1.54) is 17.7 Å². The monoisotopic (exact) mass is 239 g/mol. The fourth-order valence-electron chi connectivity index (χ4n) is 2.10. The second-order valence-corrected chi connectivity index (χ2v) is 5.10. The van der Waals surface area contributed by atoms with Crippen molar-refractivity contribution in [2.24, 2.45) is 0 Å². The fraction of sp³-hybridized carbons (Fsp3) is 0.667. The van der Waals surface area contributed by atoms with Gasteiger partial charge in [0, 0.05) is 23.2 Å².